The molecule has 0 radical (unpaired) electrons. The molecule has 0 aliphatic carbocycles. The molecule has 2 aromatic heterocycles. The van der Waals surface area contributed by atoms with Crippen LogP contribution in [0.25, 0.3) is 22.5 Å². The zero-order chi connectivity index (χ0) is 36.8. The lowest BCUT2D eigenvalue weighted by Crippen LogP contribution is -2.44. The number of aryl methyl sites for hydroxylation is 1. The fraction of sp³-hybridized carbons (Fsp3) is 0.438. The van der Waals surface area contributed by atoms with Crippen molar-refractivity contribution in [3.63, 3.8) is 0 Å². The van der Waals surface area contributed by atoms with Crippen molar-refractivity contribution >= 4 is 11.9 Å². The molecule has 1 N–H and O–H groups in total. The van der Waals surface area contributed by atoms with Crippen LogP contribution in [0.4, 0.5) is 22.0 Å². The highest BCUT2D eigenvalue weighted by Crippen LogP contribution is 2.45. The molecule has 4 aromatic rings. The van der Waals surface area contributed by atoms with Crippen molar-refractivity contribution in [1.29, 1.82) is 0 Å². The van der Waals surface area contributed by atoms with E-state index in [0.29, 0.717) is 23.4 Å². The van der Waals surface area contributed by atoms with Gasteiger partial charge in [-0.1, -0.05) is 55.5 Å². The number of amides is 1. The summed E-state index contributed by atoms with van der Waals surface area (Å²) in [4.78, 5) is 46.3. The number of unbranched alkanes of at least 4 members (excludes halogenated alkanes) is 1. The van der Waals surface area contributed by atoms with Crippen LogP contribution < -0.4 is 0 Å². The number of hydrogen-bond acceptors (Lipinski definition) is 10. The number of H-pyrrole nitrogens is 1. The van der Waals surface area contributed by atoms with E-state index in [1.807, 2.05) is 12.1 Å². The number of halogens is 5. The number of imidazole rings is 1. The molecule has 1 aliphatic rings. The Morgan fingerprint density at radius 2 is 1.75 bits per heavy atom. The number of hydrogen-bond donors (Lipinski definition) is 1. The molecule has 2 aromatic carbocycles. The molecule has 272 valence electrons. The van der Waals surface area contributed by atoms with Gasteiger partial charge in [-0.15, -0.1) is 20.3 Å². The number of alkyl halides is 5. The van der Waals surface area contributed by atoms with Gasteiger partial charge in [0.15, 0.2) is 5.69 Å². The van der Waals surface area contributed by atoms with Crippen LogP contribution in [0, 0.1) is 10.1 Å². The normalized spacial score (nSPS) is 14.9. The summed E-state index contributed by atoms with van der Waals surface area (Å²) in [5.74, 6) is -7.38. The maximum absolute atomic E-state index is 15.2. The number of nitrogens with one attached hydrogen (secondary N) is 1. The SMILES string of the molecule is CCCc1nc(C(F)(F)C(F)(F)F)c(C(=O)N2CCC[C@H]2C(=O)OCCCCO[N+](=O)[O-])n1Cc1ccc(-c2ccccc2-c2nn[nH]n2)cc1. The Bertz CT molecular complexity index is 1830. The van der Waals surface area contributed by atoms with E-state index in [9.17, 15) is 32.9 Å². The second-order valence-electron chi connectivity index (χ2n) is 11.7. The minimum absolute atomic E-state index is 0.0178. The van der Waals surface area contributed by atoms with Crippen LogP contribution >= 0.6 is 0 Å². The Morgan fingerprint density at radius 1 is 1.04 bits per heavy atom. The third kappa shape index (κ3) is 8.12. The first kappa shape index (κ1) is 36.8. The van der Waals surface area contributed by atoms with Crippen molar-refractivity contribution in [3.05, 3.63) is 81.4 Å². The monoisotopic (exact) mass is 720 g/mol. The van der Waals surface area contributed by atoms with E-state index in [2.05, 4.69) is 30.4 Å². The van der Waals surface area contributed by atoms with Gasteiger partial charge in [0.05, 0.1) is 13.2 Å². The first-order valence-corrected chi connectivity index (χ1v) is 16.0. The van der Waals surface area contributed by atoms with Crippen molar-refractivity contribution in [2.75, 3.05) is 19.8 Å². The lowest BCUT2D eigenvalue weighted by molar-refractivity contribution is -0.757. The van der Waals surface area contributed by atoms with E-state index in [1.54, 1.807) is 43.3 Å². The second-order valence-corrected chi connectivity index (χ2v) is 11.7. The first-order valence-electron chi connectivity index (χ1n) is 16.0. The highest BCUT2D eigenvalue weighted by Gasteiger charge is 2.62. The summed E-state index contributed by atoms with van der Waals surface area (Å²) in [6.45, 7) is 0.904. The summed E-state index contributed by atoms with van der Waals surface area (Å²) >= 11 is 0. The number of benzene rings is 2. The predicted molar refractivity (Wildman–Crippen MR) is 168 cm³/mol. The van der Waals surface area contributed by atoms with Gasteiger partial charge >= 0.3 is 18.1 Å². The number of aromatic amines is 1. The van der Waals surface area contributed by atoms with Gasteiger partial charge in [-0.05, 0) is 54.0 Å². The second kappa shape index (κ2) is 15.6. The van der Waals surface area contributed by atoms with Gasteiger partial charge in [-0.2, -0.15) is 27.2 Å². The molecule has 0 bridgehead atoms. The van der Waals surface area contributed by atoms with Gasteiger partial charge in [-0.3, -0.25) is 4.79 Å². The maximum atomic E-state index is 15.2. The molecule has 3 heterocycles. The summed E-state index contributed by atoms with van der Waals surface area (Å²) in [5.41, 5.74) is -0.0847. The van der Waals surface area contributed by atoms with Crippen molar-refractivity contribution < 1.29 is 46.2 Å². The molecule has 1 amide bonds. The van der Waals surface area contributed by atoms with E-state index in [4.69, 9.17) is 4.74 Å². The van der Waals surface area contributed by atoms with Crippen LogP contribution in [-0.4, -0.2) is 84.0 Å². The first-order chi connectivity index (χ1) is 24.3. The highest BCUT2D eigenvalue weighted by molar-refractivity contribution is 5.97. The van der Waals surface area contributed by atoms with Crippen molar-refractivity contribution in [2.45, 2.75) is 70.1 Å². The fourth-order valence-corrected chi connectivity index (χ4v) is 5.83. The number of carbonyl (C=O) groups excluding carboxylic acids is 2. The lowest BCUT2D eigenvalue weighted by Gasteiger charge is -2.26. The molecule has 0 saturated carbocycles. The van der Waals surface area contributed by atoms with Gasteiger partial charge < -0.3 is 19.0 Å². The highest BCUT2D eigenvalue weighted by atomic mass is 19.4. The third-order valence-corrected chi connectivity index (χ3v) is 8.26. The van der Waals surface area contributed by atoms with Crippen LogP contribution in [0.15, 0.2) is 48.5 Å². The van der Waals surface area contributed by atoms with Crippen molar-refractivity contribution in [3.8, 4) is 22.5 Å². The molecular weight excluding hydrogens is 687 g/mol. The van der Waals surface area contributed by atoms with Crippen molar-refractivity contribution in [1.82, 2.24) is 35.1 Å². The van der Waals surface area contributed by atoms with Gasteiger partial charge in [-0.25, -0.2) is 9.78 Å². The maximum Gasteiger partial charge on any atom is 0.459 e. The van der Waals surface area contributed by atoms with Gasteiger partial charge in [0.25, 0.3) is 11.0 Å². The molecule has 51 heavy (non-hydrogen) atoms. The predicted octanol–water partition coefficient (Wildman–Crippen LogP) is 5.52. The molecule has 1 saturated heterocycles. The van der Waals surface area contributed by atoms with E-state index >= 15 is 8.78 Å². The summed E-state index contributed by atoms with van der Waals surface area (Å²) in [6.07, 6.45) is -5.05. The molecule has 19 heteroatoms. The van der Waals surface area contributed by atoms with Crippen LogP contribution in [0.2, 0.25) is 0 Å². The molecule has 0 unspecified atom stereocenters. The molecule has 5 rings (SSSR count). The standard InChI is InChI=1S/C32H33F5N8O6/c1-2-8-25-38-27(31(33,34)32(35,36)37)26(29(46)43-16-7-11-24(43)30(47)50-17-5-6-18-51-45(48)49)44(25)19-20-12-14-21(15-13-20)22-9-3-4-10-23(22)28-39-41-42-40-28/h3-4,9-10,12-15,24H,2,5-8,11,16-19H2,1H3,(H,39,40,41,42)/t24-/m0/s1. The average Bonchev–Trinajstić information content (AvgIpc) is 3.88. The topological polar surface area (TPSA) is 171 Å². The zero-order valence-corrected chi connectivity index (χ0v) is 27.2. The number of tetrazole rings is 1. The minimum Gasteiger partial charge on any atom is -0.464 e. The Balaban J connectivity index is 1.47. The third-order valence-electron chi connectivity index (χ3n) is 8.26. The number of nitrogens with zero attached hydrogens (tertiary/aromatic N) is 7. The molecule has 1 aliphatic heterocycles. The van der Waals surface area contributed by atoms with Gasteiger partial charge in [0.1, 0.15) is 17.6 Å². The van der Waals surface area contributed by atoms with Crippen LogP contribution in [0.5, 0.6) is 0 Å². The summed E-state index contributed by atoms with van der Waals surface area (Å²) in [6, 6.07) is 12.8. The van der Waals surface area contributed by atoms with Crippen LogP contribution in [0.1, 0.15) is 66.6 Å². The molecule has 1 atom stereocenters. The van der Waals surface area contributed by atoms with E-state index < -0.39 is 46.5 Å². The fourth-order valence-electron chi connectivity index (χ4n) is 5.83. The van der Waals surface area contributed by atoms with Gasteiger partial charge in [0.2, 0.25) is 5.82 Å². The quantitative estimate of drug-likeness (QED) is 0.0542. The Morgan fingerprint density at radius 3 is 2.39 bits per heavy atom. The van der Waals surface area contributed by atoms with E-state index in [0.717, 1.165) is 20.6 Å². The Labute approximate surface area is 287 Å². The lowest BCUT2D eigenvalue weighted by atomic mass is 9.98. The number of likely N-dealkylation sites (tertiary alicyclic amines) is 1. The van der Waals surface area contributed by atoms with Crippen molar-refractivity contribution in [2.24, 2.45) is 0 Å². The summed E-state index contributed by atoms with van der Waals surface area (Å²) in [7, 11) is 0. The minimum atomic E-state index is -6.07. The zero-order valence-electron chi connectivity index (χ0n) is 27.2. The molecule has 1 fully saturated rings. The molecular formula is C32H33F5N8O6. The Hall–Kier alpha value is -5.49. The van der Waals surface area contributed by atoms with E-state index in [1.165, 1.54) is 0 Å². The van der Waals surface area contributed by atoms with Crippen LogP contribution in [0.3, 0.4) is 0 Å². The number of ether oxygens (including phenoxy) is 1. The molecule has 14 nitrogen and oxygen atoms in total. The number of carbonyl (C=O) groups is 2. The van der Waals surface area contributed by atoms with Gasteiger partial charge in [0, 0.05) is 25.1 Å². The van der Waals surface area contributed by atoms with E-state index in [-0.39, 0.29) is 64.2 Å². The number of aromatic nitrogens is 6. The average molecular weight is 721 g/mol. The number of esters is 1. The van der Waals surface area contributed by atoms with Crippen LogP contribution in [-0.2, 0) is 33.3 Å². The summed E-state index contributed by atoms with van der Waals surface area (Å²) in [5, 5.41) is 23.4. The smallest absolute Gasteiger partial charge is 0.459 e. The Kier molecular flexibility index (Phi) is 11.2. The largest absolute Gasteiger partial charge is 0.464 e. The number of rotatable bonds is 15. The summed E-state index contributed by atoms with van der Waals surface area (Å²) < 4.78 is 78.2. The molecule has 0 spiro atoms.